The van der Waals surface area contributed by atoms with E-state index in [2.05, 4.69) is 12.2 Å². The van der Waals surface area contributed by atoms with E-state index in [-0.39, 0.29) is 18.4 Å². The molecule has 0 radical (unpaired) electrons. The van der Waals surface area contributed by atoms with Crippen LogP contribution in [0.5, 0.6) is 0 Å². The topological polar surface area (TPSA) is 80.7 Å². The summed E-state index contributed by atoms with van der Waals surface area (Å²) in [5.41, 5.74) is 0.145. The van der Waals surface area contributed by atoms with Gasteiger partial charge in [-0.2, -0.15) is 8.42 Å². The molecule has 0 saturated heterocycles. The van der Waals surface area contributed by atoms with Gasteiger partial charge in [0, 0.05) is 6.42 Å². The van der Waals surface area contributed by atoms with Gasteiger partial charge in [-0.25, -0.2) is 0 Å². The Morgan fingerprint density at radius 3 is 2.50 bits per heavy atom. The van der Waals surface area contributed by atoms with Gasteiger partial charge in [0.1, 0.15) is 0 Å². The Hall–Kier alpha value is -0.880. The smallest absolute Gasteiger partial charge is 0.303 e. The van der Waals surface area contributed by atoms with Gasteiger partial charge in [0.15, 0.2) is 0 Å². The van der Waals surface area contributed by atoms with Gasteiger partial charge in [-0.05, 0) is 43.9 Å². The van der Waals surface area contributed by atoms with E-state index in [1.54, 1.807) is 0 Å². The fourth-order valence-electron chi connectivity index (χ4n) is 3.09. The van der Waals surface area contributed by atoms with Gasteiger partial charge in [-0.3, -0.25) is 8.98 Å². The number of carbonyl (C=O) groups is 1. The molecule has 1 saturated carbocycles. The fourth-order valence-corrected chi connectivity index (χ4v) is 3.48. The molecule has 5 nitrogen and oxygen atoms in total. The van der Waals surface area contributed by atoms with Crippen molar-refractivity contribution >= 4 is 16.1 Å². The second-order valence-electron chi connectivity index (χ2n) is 6.30. The maximum absolute atomic E-state index is 11.1. The molecule has 0 aromatic carbocycles. The number of carboxylic acid groups (broad SMARTS) is 1. The van der Waals surface area contributed by atoms with Crippen LogP contribution in [-0.2, 0) is 19.1 Å². The van der Waals surface area contributed by atoms with Gasteiger partial charge in [0.2, 0.25) is 0 Å². The van der Waals surface area contributed by atoms with E-state index in [0.29, 0.717) is 6.42 Å². The van der Waals surface area contributed by atoms with Gasteiger partial charge < -0.3 is 5.11 Å². The fraction of sp³-hybridized carbons (Fsp3) is 0.812. The summed E-state index contributed by atoms with van der Waals surface area (Å²) >= 11 is 0. The second kappa shape index (κ2) is 9.30. The predicted molar refractivity (Wildman–Crippen MR) is 86.2 cm³/mol. The van der Waals surface area contributed by atoms with Crippen LogP contribution in [0, 0.1) is 5.41 Å². The highest BCUT2D eigenvalue weighted by molar-refractivity contribution is 7.85. The molecule has 0 atom stereocenters. The van der Waals surface area contributed by atoms with Crippen LogP contribution >= 0.6 is 0 Å². The Morgan fingerprint density at radius 1 is 1.23 bits per heavy atom. The minimum Gasteiger partial charge on any atom is -0.481 e. The molecule has 1 aliphatic carbocycles. The molecule has 0 amide bonds. The normalized spacial score (nSPS) is 18.6. The van der Waals surface area contributed by atoms with Crippen LogP contribution in [0.4, 0.5) is 0 Å². The van der Waals surface area contributed by atoms with Crippen molar-refractivity contribution < 1.29 is 22.5 Å². The lowest BCUT2D eigenvalue weighted by atomic mass is 9.70. The highest BCUT2D eigenvalue weighted by atomic mass is 32.2. The van der Waals surface area contributed by atoms with Crippen LogP contribution < -0.4 is 0 Å². The van der Waals surface area contributed by atoms with Crippen molar-refractivity contribution in [3.05, 3.63) is 12.2 Å². The second-order valence-corrected chi connectivity index (χ2v) is 7.94. The van der Waals surface area contributed by atoms with Crippen LogP contribution in [0.15, 0.2) is 12.2 Å². The molecular formula is C16H28O5S. The molecule has 0 spiro atoms. The molecule has 0 heterocycles. The first-order chi connectivity index (χ1) is 10.3. The van der Waals surface area contributed by atoms with Crippen molar-refractivity contribution in [1.82, 2.24) is 0 Å². The van der Waals surface area contributed by atoms with E-state index in [1.807, 2.05) is 0 Å². The molecular weight excluding hydrogens is 304 g/mol. The molecule has 0 bridgehead atoms. The zero-order valence-corrected chi connectivity index (χ0v) is 14.2. The monoisotopic (exact) mass is 332 g/mol. The highest BCUT2D eigenvalue weighted by Crippen LogP contribution is 2.42. The first-order valence-corrected chi connectivity index (χ1v) is 9.86. The zero-order valence-electron chi connectivity index (χ0n) is 13.4. The van der Waals surface area contributed by atoms with Crippen molar-refractivity contribution in [2.45, 2.75) is 64.2 Å². The van der Waals surface area contributed by atoms with E-state index in [9.17, 15) is 13.2 Å². The van der Waals surface area contributed by atoms with Crippen molar-refractivity contribution in [3.8, 4) is 0 Å². The van der Waals surface area contributed by atoms with Gasteiger partial charge in [-0.1, -0.05) is 31.4 Å². The highest BCUT2D eigenvalue weighted by Gasteiger charge is 2.30. The van der Waals surface area contributed by atoms with E-state index in [0.717, 1.165) is 38.4 Å². The third-order valence-electron chi connectivity index (χ3n) is 4.32. The first kappa shape index (κ1) is 19.2. The lowest BCUT2D eigenvalue weighted by molar-refractivity contribution is -0.137. The Kier molecular flexibility index (Phi) is 8.10. The molecule has 1 aliphatic rings. The van der Waals surface area contributed by atoms with Gasteiger partial charge in [0.05, 0.1) is 12.9 Å². The third kappa shape index (κ3) is 8.54. The Labute approximate surface area is 133 Å². The largest absolute Gasteiger partial charge is 0.481 e. The van der Waals surface area contributed by atoms with Crippen LogP contribution in [0.1, 0.15) is 64.2 Å². The number of hydrogen-bond acceptors (Lipinski definition) is 4. The van der Waals surface area contributed by atoms with Crippen LogP contribution in [-0.4, -0.2) is 32.4 Å². The number of carboxylic acids is 1. The lowest BCUT2D eigenvalue weighted by Crippen LogP contribution is -2.26. The summed E-state index contributed by atoms with van der Waals surface area (Å²) in [6, 6.07) is 0. The quantitative estimate of drug-likeness (QED) is 0.376. The summed E-state index contributed by atoms with van der Waals surface area (Å²) in [4.78, 5) is 10.4. The molecule has 1 rings (SSSR count). The minimum atomic E-state index is -3.37. The Morgan fingerprint density at radius 2 is 1.91 bits per heavy atom. The number of unbranched alkanes of at least 4 members (excludes halogenated alkanes) is 1. The average molecular weight is 332 g/mol. The standard InChI is InChI=1S/C16H28O5S/c1-22(19,20)21-14-13-16(11-7-4-8-12-16)10-6-3-2-5-9-15(17)18/h3,6H,2,4-5,7-14H2,1H3,(H,17,18)/b6-3-. The third-order valence-corrected chi connectivity index (χ3v) is 4.92. The van der Waals surface area contributed by atoms with Crippen LogP contribution in [0.25, 0.3) is 0 Å². The molecule has 0 unspecified atom stereocenters. The predicted octanol–water partition coefficient (Wildman–Crippen LogP) is 3.50. The van der Waals surface area contributed by atoms with E-state index in [4.69, 9.17) is 9.29 Å². The molecule has 22 heavy (non-hydrogen) atoms. The van der Waals surface area contributed by atoms with E-state index >= 15 is 0 Å². The molecule has 0 aliphatic heterocycles. The summed E-state index contributed by atoms with van der Waals surface area (Å²) in [6.45, 7) is 0.256. The van der Waals surface area contributed by atoms with Gasteiger partial charge >= 0.3 is 5.97 Å². The summed E-state index contributed by atoms with van der Waals surface area (Å²) in [6.07, 6.45) is 14.4. The molecule has 6 heteroatoms. The maximum atomic E-state index is 11.1. The lowest BCUT2D eigenvalue weighted by Gasteiger charge is -2.36. The number of rotatable bonds is 10. The van der Waals surface area contributed by atoms with Gasteiger partial charge in [0.25, 0.3) is 10.1 Å². The Bertz CT molecular complexity index is 461. The summed E-state index contributed by atoms with van der Waals surface area (Å²) in [7, 11) is -3.37. The van der Waals surface area contributed by atoms with E-state index < -0.39 is 16.1 Å². The molecule has 0 aromatic rings. The van der Waals surface area contributed by atoms with Crippen molar-refractivity contribution in [1.29, 1.82) is 0 Å². The zero-order chi connectivity index (χ0) is 16.5. The number of aliphatic carboxylic acids is 1. The summed E-state index contributed by atoms with van der Waals surface area (Å²) < 4.78 is 27.1. The van der Waals surface area contributed by atoms with Crippen LogP contribution in [0.3, 0.4) is 0 Å². The minimum absolute atomic E-state index is 0.145. The molecule has 1 N–H and O–H groups in total. The molecule has 128 valence electrons. The van der Waals surface area contributed by atoms with Crippen molar-refractivity contribution in [2.75, 3.05) is 12.9 Å². The molecule has 1 fully saturated rings. The van der Waals surface area contributed by atoms with Gasteiger partial charge in [-0.15, -0.1) is 0 Å². The molecule has 0 aromatic heterocycles. The summed E-state index contributed by atoms with van der Waals surface area (Å²) in [5.74, 6) is -0.755. The SMILES string of the molecule is CS(=O)(=O)OCCC1(C/C=C\CCCC(=O)O)CCCCC1. The number of allylic oxidation sites excluding steroid dienone is 2. The Balaban J connectivity index is 2.42. The summed E-state index contributed by atoms with van der Waals surface area (Å²) in [5, 5.41) is 8.59. The average Bonchev–Trinajstić information content (AvgIpc) is 2.42. The maximum Gasteiger partial charge on any atom is 0.303 e. The van der Waals surface area contributed by atoms with Crippen LogP contribution in [0.2, 0.25) is 0 Å². The van der Waals surface area contributed by atoms with Crippen molar-refractivity contribution in [3.63, 3.8) is 0 Å². The van der Waals surface area contributed by atoms with E-state index in [1.165, 1.54) is 19.3 Å². The first-order valence-electron chi connectivity index (χ1n) is 8.04. The van der Waals surface area contributed by atoms with Crippen molar-refractivity contribution in [2.24, 2.45) is 5.41 Å². The number of hydrogen-bond donors (Lipinski definition) is 1.